The number of carbonyl (C=O) groups is 1. The van der Waals surface area contributed by atoms with Crippen LogP contribution < -0.4 is 5.32 Å². The lowest BCUT2D eigenvalue weighted by Crippen LogP contribution is -2.45. The van der Waals surface area contributed by atoms with Crippen LogP contribution in [-0.2, 0) is 21.2 Å². The Labute approximate surface area is 149 Å². The highest BCUT2D eigenvalue weighted by molar-refractivity contribution is 7.91. The van der Waals surface area contributed by atoms with Crippen LogP contribution in [0.15, 0.2) is 10.6 Å². The molecule has 0 saturated carbocycles. The normalized spacial score (nSPS) is 24.7. The first-order chi connectivity index (χ1) is 11.8. The van der Waals surface area contributed by atoms with E-state index in [4.69, 9.17) is 4.52 Å². The first kappa shape index (κ1) is 18.4. The summed E-state index contributed by atoms with van der Waals surface area (Å²) in [7, 11) is -2.85. The molecule has 1 aromatic heterocycles. The highest BCUT2D eigenvalue weighted by Crippen LogP contribution is 2.24. The van der Waals surface area contributed by atoms with E-state index in [2.05, 4.69) is 15.4 Å². The van der Waals surface area contributed by atoms with Crippen molar-refractivity contribution in [3.05, 3.63) is 17.5 Å². The van der Waals surface area contributed by atoms with E-state index in [1.165, 1.54) is 0 Å². The standard InChI is InChI=1S/C17H27N3O4S/c1-12(2)16-9-14(19-24-16)10-18-17(21)13-3-6-20(7-4-13)15-5-8-25(22,23)11-15/h9,12-13,15H,3-8,10-11H2,1-2H3,(H,18,21)/t15-/m1/s1. The maximum absolute atomic E-state index is 12.4. The van der Waals surface area contributed by atoms with E-state index in [0.29, 0.717) is 12.3 Å². The van der Waals surface area contributed by atoms with E-state index < -0.39 is 9.84 Å². The number of carbonyl (C=O) groups excluding carboxylic acids is 1. The Morgan fingerprint density at radius 1 is 1.36 bits per heavy atom. The van der Waals surface area contributed by atoms with Gasteiger partial charge in [-0.05, 0) is 32.4 Å². The molecule has 7 nitrogen and oxygen atoms in total. The summed E-state index contributed by atoms with van der Waals surface area (Å²) in [5, 5.41) is 6.92. The third kappa shape index (κ3) is 4.61. The number of nitrogens with zero attached hydrogens (tertiary/aromatic N) is 2. The number of piperidine rings is 1. The Morgan fingerprint density at radius 2 is 2.08 bits per heavy atom. The zero-order chi connectivity index (χ0) is 18.0. The van der Waals surface area contributed by atoms with Gasteiger partial charge in [0.1, 0.15) is 11.5 Å². The smallest absolute Gasteiger partial charge is 0.223 e. The van der Waals surface area contributed by atoms with E-state index in [1.54, 1.807) is 0 Å². The summed E-state index contributed by atoms with van der Waals surface area (Å²) in [6.45, 7) is 6.04. The van der Waals surface area contributed by atoms with Gasteiger partial charge in [0.05, 0.1) is 18.1 Å². The van der Waals surface area contributed by atoms with Crippen LogP contribution >= 0.6 is 0 Å². The number of nitrogens with one attached hydrogen (secondary N) is 1. The van der Waals surface area contributed by atoms with Crippen LogP contribution in [-0.4, -0.2) is 55.0 Å². The summed E-state index contributed by atoms with van der Waals surface area (Å²) in [5.74, 6) is 1.71. The Morgan fingerprint density at radius 3 is 2.64 bits per heavy atom. The fourth-order valence-electron chi connectivity index (χ4n) is 3.60. The Balaban J connectivity index is 1.43. The second kappa shape index (κ2) is 7.45. The van der Waals surface area contributed by atoms with Crippen molar-refractivity contribution in [2.45, 2.75) is 51.6 Å². The monoisotopic (exact) mass is 369 g/mol. The molecule has 2 fully saturated rings. The molecule has 2 aliphatic rings. The number of likely N-dealkylation sites (tertiary alicyclic amines) is 1. The van der Waals surface area contributed by atoms with Gasteiger partial charge in [0.2, 0.25) is 5.91 Å². The molecule has 3 rings (SSSR count). The van der Waals surface area contributed by atoms with Crippen LogP contribution in [0.5, 0.6) is 0 Å². The molecule has 140 valence electrons. The zero-order valence-electron chi connectivity index (χ0n) is 14.9. The molecule has 0 radical (unpaired) electrons. The predicted octanol–water partition coefficient (Wildman–Crippen LogP) is 1.31. The van der Waals surface area contributed by atoms with Crippen molar-refractivity contribution in [3.63, 3.8) is 0 Å². The van der Waals surface area contributed by atoms with Gasteiger partial charge in [-0.15, -0.1) is 0 Å². The van der Waals surface area contributed by atoms with Gasteiger partial charge in [-0.2, -0.15) is 0 Å². The average molecular weight is 369 g/mol. The quantitative estimate of drug-likeness (QED) is 0.841. The molecule has 1 amide bonds. The Kier molecular flexibility index (Phi) is 5.48. The van der Waals surface area contributed by atoms with E-state index in [-0.39, 0.29) is 29.5 Å². The first-order valence-corrected chi connectivity index (χ1v) is 10.8. The van der Waals surface area contributed by atoms with Crippen molar-refractivity contribution in [1.29, 1.82) is 0 Å². The van der Waals surface area contributed by atoms with Crippen LogP contribution in [0.2, 0.25) is 0 Å². The number of hydrogen-bond acceptors (Lipinski definition) is 6. The highest BCUT2D eigenvalue weighted by atomic mass is 32.2. The van der Waals surface area contributed by atoms with Crippen LogP contribution in [0, 0.1) is 5.92 Å². The number of rotatable bonds is 5. The molecule has 3 heterocycles. The van der Waals surface area contributed by atoms with E-state index in [9.17, 15) is 13.2 Å². The number of hydrogen-bond donors (Lipinski definition) is 1. The lowest BCUT2D eigenvalue weighted by atomic mass is 9.94. The van der Waals surface area contributed by atoms with Gasteiger partial charge in [-0.25, -0.2) is 8.42 Å². The van der Waals surface area contributed by atoms with Gasteiger partial charge in [-0.1, -0.05) is 19.0 Å². The second-order valence-electron chi connectivity index (χ2n) is 7.46. The summed E-state index contributed by atoms with van der Waals surface area (Å²) in [6.07, 6.45) is 2.28. The molecule has 0 aliphatic carbocycles. The molecule has 2 saturated heterocycles. The minimum absolute atomic E-state index is 0.00858. The summed E-state index contributed by atoms with van der Waals surface area (Å²) in [5.41, 5.74) is 0.741. The maximum atomic E-state index is 12.4. The van der Waals surface area contributed by atoms with Gasteiger partial charge in [0.25, 0.3) is 0 Å². The van der Waals surface area contributed by atoms with E-state index in [0.717, 1.165) is 43.8 Å². The number of aromatic nitrogens is 1. The number of sulfone groups is 1. The summed E-state index contributed by atoms with van der Waals surface area (Å²) in [6, 6.07) is 2.02. The van der Waals surface area contributed by atoms with Crippen molar-refractivity contribution >= 4 is 15.7 Å². The fourth-order valence-corrected chi connectivity index (χ4v) is 5.36. The molecule has 0 aromatic carbocycles. The third-order valence-corrected chi connectivity index (χ3v) is 6.97. The minimum atomic E-state index is -2.85. The van der Waals surface area contributed by atoms with Gasteiger partial charge in [-0.3, -0.25) is 9.69 Å². The molecule has 1 atom stereocenters. The largest absolute Gasteiger partial charge is 0.361 e. The van der Waals surface area contributed by atoms with Gasteiger partial charge >= 0.3 is 0 Å². The van der Waals surface area contributed by atoms with Gasteiger partial charge < -0.3 is 9.84 Å². The fraction of sp³-hybridized carbons (Fsp3) is 0.765. The van der Waals surface area contributed by atoms with Crippen LogP contribution in [0.1, 0.15) is 50.5 Å². The van der Waals surface area contributed by atoms with Gasteiger partial charge in [0, 0.05) is 23.9 Å². The van der Waals surface area contributed by atoms with Crippen molar-refractivity contribution < 1.29 is 17.7 Å². The van der Waals surface area contributed by atoms with Crippen LogP contribution in [0.3, 0.4) is 0 Å². The Bertz CT molecular complexity index is 705. The van der Waals surface area contributed by atoms with Crippen LogP contribution in [0.4, 0.5) is 0 Å². The third-order valence-electron chi connectivity index (χ3n) is 5.22. The topological polar surface area (TPSA) is 92.5 Å². The van der Waals surface area contributed by atoms with Crippen molar-refractivity contribution in [2.75, 3.05) is 24.6 Å². The molecule has 0 unspecified atom stereocenters. The summed E-state index contributed by atoms with van der Waals surface area (Å²) in [4.78, 5) is 14.6. The molecule has 0 bridgehead atoms. The van der Waals surface area contributed by atoms with Crippen molar-refractivity contribution in [2.24, 2.45) is 5.92 Å². The molecule has 2 aliphatic heterocycles. The lowest BCUT2D eigenvalue weighted by Gasteiger charge is -2.34. The van der Waals surface area contributed by atoms with E-state index >= 15 is 0 Å². The number of amides is 1. The van der Waals surface area contributed by atoms with Gasteiger partial charge in [0.15, 0.2) is 9.84 Å². The molecule has 25 heavy (non-hydrogen) atoms. The SMILES string of the molecule is CC(C)c1cc(CNC(=O)C2CCN([C@@H]3CCS(=O)(=O)C3)CC2)no1. The molecular formula is C17H27N3O4S. The lowest BCUT2D eigenvalue weighted by molar-refractivity contribution is -0.126. The molecular weight excluding hydrogens is 342 g/mol. The molecule has 1 N–H and O–H groups in total. The molecule has 0 spiro atoms. The van der Waals surface area contributed by atoms with E-state index in [1.807, 2.05) is 19.9 Å². The Hall–Kier alpha value is -1.41. The second-order valence-corrected chi connectivity index (χ2v) is 9.69. The van der Waals surface area contributed by atoms with Crippen molar-refractivity contribution in [3.8, 4) is 0 Å². The highest BCUT2D eigenvalue weighted by Gasteiger charge is 2.35. The zero-order valence-corrected chi connectivity index (χ0v) is 15.7. The summed E-state index contributed by atoms with van der Waals surface area (Å²) < 4.78 is 28.5. The minimum Gasteiger partial charge on any atom is -0.361 e. The van der Waals surface area contributed by atoms with Crippen LogP contribution in [0.25, 0.3) is 0 Å². The molecule has 8 heteroatoms. The molecule has 1 aromatic rings. The predicted molar refractivity (Wildman–Crippen MR) is 93.8 cm³/mol. The van der Waals surface area contributed by atoms with Crippen molar-refractivity contribution in [1.82, 2.24) is 15.4 Å². The first-order valence-electron chi connectivity index (χ1n) is 9.02. The average Bonchev–Trinajstić information content (AvgIpc) is 3.19. The maximum Gasteiger partial charge on any atom is 0.223 e. The summed E-state index contributed by atoms with van der Waals surface area (Å²) >= 11 is 0.